The SMILES string of the molecule is C=CC(=O)OCCOCCC(C)(OC(C)(CCOCCOC(=O)C=C)C1CO1)C1CO1. The molecule has 0 radical (unpaired) electrons. The molecule has 0 aromatic rings. The van der Waals surface area contributed by atoms with E-state index >= 15 is 0 Å². The van der Waals surface area contributed by atoms with Gasteiger partial charge in [-0.3, -0.25) is 0 Å². The molecule has 0 spiro atoms. The Labute approximate surface area is 183 Å². The van der Waals surface area contributed by atoms with E-state index in [1.807, 2.05) is 13.8 Å². The molecule has 0 aromatic carbocycles. The molecule has 176 valence electrons. The van der Waals surface area contributed by atoms with Gasteiger partial charge in [-0.15, -0.1) is 0 Å². The molecule has 0 bridgehead atoms. The molecule has 0 saturated carbocycles. The monoisotopic (exact) mass is 442 g/mol. The quantitative estimate of drug-likeness (QED) is 0.135. The minimum Gasteiger partial charge on any atom is -0.460 e. The molecule has 2 aliphatic heterocycles. The first kappa shape index (κ1) is 25.5. The molecule has 31 heavy (non-hydrogen) atoms. The fourth-order valence-corrected chi connectivity index (χ4v) is 3.16. The molecule has 0 aliphatic carbocycles. The molecule has 9 nitrogen and oxygen atoms in total. The molecule has 2 aliphatic rings. The fraction of sp³-hybridized carbons (Fsp3) is 0.727. The minimum absolute atomic E-state index is 0.00740. The highest BCUT2D eigenvalue weighted by Gasteiger charge is 2.53. The summed E-state index contributed by atoms with van der Waals surface area (Å²) in [5.74, 6) is -0.936. The highest BCUT2D eigenvalue weighted by atomic mass is 16.6. The summed E-state index contributed by atoms with van der Waals surface area (Å²) in [4.78, 5) is 22.1. The van der Waals surface area contributed by atoms with E-state index in [0.717, 1.165) is 12.2 Å². The Hall–Kier alpha value is -1.78. The summed E-state index contributed by atoms with van der Waals surface area (Å²) in [6.45, 7) is 13.8. The number of carbonyl (C=O) groups is 2. The van der Waals surface area contributed by atoms with E-state index in [0.29, 0.717) is 52.5 Å². The van der Waals surface area contributed by atoms with Crippen molar-refractivity contribution in [2.75, 3.05) is 52.9 Å². The maximum absolute atomic E-state index is 11.0. The summed E-state index contributed by atoms with van der Waals surface area (Å²) in [6, 6.07) is 0. The lowest BCUT2D eigenvalue weighted by atomic mass is 9.92. The zero-order valence-corrected chi connectivity index (χ0v) is 18.5. The zero-order chi connectivity index (χ0) is 22.7. The lowest BCUT2D eigenvalue weighted by Gasteiger charge is -2.39. The smallest absolute Gasteiger partial charge is 0.330 e. The molecule has 2 fully saturated rings. The normalized spacial score (nSPS) is 23.2. The van der Waals surface area contributed by atoms with Gasteiger partial charge in [0.15, 0.2) is 0 Å². The second kappa shape index (κ2) is 12.3. The van der Waals surface area contributed by atoms with Crippen molar-refractivity contribution in [2.45, 2.75) is 50.1 Å². The topological polar surface area (TPSA) is 105 Å². The summed E-state index contributed by atoms with van der Waals surface area (Å²) in [5.41, 5.74) is -1.09. The Bertz CT molecular complexity index is 562. The molecule has 4 atom stereocenters. The number of hydrogen-bond donors (Lipinski definition) is 0. The second-order valence-corrected chi connectivity index (χ2v) is 7.84. The van der Waals surface area contributed by atoms with Crippen LogP contribution in [0.15, 0.2) is 25.3 Å². The largest absolute Gasteiger partial charge is 0.460 e. The maximum Gasteiger partial charge on any atom is 0.330 e. The molecule has 2 saturated heterocycles. The Balaban J connectivity index is 1.75. The van der Waals surface area contributed by atoms with E-state index in [-0.39, 0.29) is 25.4 Å². The Morgan fingerprint density at radius 2 is 1.19 bits per heavy atom. The molecule has 0 aromatic heterocycles. The van der Waals surface area contributed by atoms with Gasteiger partial charge in [0.1, 0.15) is 25.4 Å². The molecule has 0 amide bonds. The van der Waals surface area contributed by atoms with Crippen LogP contribution in [0.4, 0.5) is 0 Å². The lowest BCUT2D eigenvalue weighted by Crippen LogP contribution is -2.49. The standard InChI is InChI=1S/C22H34O9/c1-5-19(23)27-13-11-25-9-7-21(3,17-15-29-17)31-22(4,18-16-30-18)8-10-26-12-14-28-20(24)6-2/h5-6,17-18H,1-2,7-16H2,3-4H3. The van der Waals surface area contributed by atoms with Crippen LogP contribution in [0.5, 0.6) is 0 Å². The van der Waals surface area contributed by atoms with Crippen LogP contribution in [-0.4, -0.2) is 88.2 Å². The van der Waals surface area contributed by atoms with Crippen molar-refractivity contribution in [3.05, 3.63) is 25.3 Å². The van der Waals surface area contributed by atoms with Crippen molar-refractivity contribution in [3.63, 3.8) is 0 Å². The molecule has 0 N–H and O–H groups in total. The van der Waals surface area contributed by atoms with Crippen LogP contribution < -0.4 is 0 Å². The Morgan fingerprint density at radius 1 is 0.806 bits per heavy atom. The first-order chi connectivity index (χ1) is 14.8. The van der Waals surface area contributed by atoms with Gasteiger partial charge in [-0.1, -0.05) is 13.2 Å². The van der Waals surface area contributed by atoms with Crippen molar-refractivity contribution in [2.24, 2.45) is 0 Å². The van der Waals surface area contributed by atoms with Crippen LogP contribution in [0.2, 0.25) is 0 Å². The molecular weight excluding hydrogens is 408 g/mol. The summed E-state index contributed by atoms with van der Waals surface area (Å²) >= 11 is 0. The van der Waals surface area contributed by atoms with Crippen LogP contribution in [-0.2, 0) is 42.7 Å². The van der Waals surface area contributed by atoms with E-state index in [9.17, 15) is 9.59 Å². The van der Waals surface area contributed by atoms with E-state index in [2.05, 4.69) is 13.2 Å². The van der Waals surface area contributed by atoms with Crippen LogP contribution in [0, 0.1) is 0 Å². The van der Waals surface area contributed by atoms with Crippen molar-refractivity contribution in [3.8, 4) is 0 Å². The second-order valence-electron chi connectivity index (χ2n) is 7.84. The van der Waals surface area contributed by atoms with E-state index in [1.165, 1.54) is 0 Å². The summed E-state index contributed by atoms with van der Waals surface area (Å²) in [7, 11) is 0. The van der Waals surface area contributed by atoms with Crippen LogP contribution in [0.25, 0.3) is 0 Å². The van der Waals surface area contributed by atoms with Crippen molar-refractivity contribution in [1.82, 2.24) is 0 Å². The van der Waals surface area contributed by atoms with Gasteiger partial charge in [0.05, 0.1) is 37.6 Å². The summed E-state index contributed by atoms with van der Waals surface area (Å²) in [6.07, 6.45) is 3.46. The molecular formula is C22H34O9. The highest BCUT2D eigenvalue weighted by molar-refractivity contribution is 5.81. The van der Waals surface area contributed by atoms with Gasteiger partial charge in [0, 0.05) is 38.2 Å². The maximum atomic E-state index is 11.0. The number of esters is 2. The highest BCUT2D eigenvalue weighted by Crippen LogP contribution is 2.40. The number of carbonyl (C=O) groups excluding carboxylic acids is 2. The van der Waals surface area contributed by atoms with Gasteiger partial charge in [0.25, 0.3) is 0 Å². The third-order valence-electron chi connectivity index (χ3n) is 5.26. The van der Waals surface area contributed by atoms with E-state index < -0.39 is 23.1 Å². The third kappa shape index (κ3) is 9.08. The average molecular weight is 443 g/mol. The van der Waals surface area contributed by atoms with Crippen molar-refractivity contribution < 1.29 is 42.7 Å². The summed E-state index contributed by atoms with van der Waals surface area (Å²) in [5, 5.41) is 0. The minimum atomic E-state index is -0.544. The number of hydrogen-bond acceptors (Lipinski definition) is 9. The van der Waals surface area contributed by atoms with Gasteiger partial charge >= 0.3 is 11.9 Å². The van der Waals surface area contributed by atoms with E-state index in [1.54, 1.807) is 0 Å². The molecule has 2 heterocycles. The summed E-state index contributed by atoms with van der Waals surface area (Å²) < 4.78 is 38.7. The van der Waals surface area contributed by atoms with Gasteiger partial charge < -0.3 is 33.2 Å². The van der Waals surface area contributed by atoms with E-state index in [4.69, 9.17) is 33.2 Å². The Kier molecular flexibility index (Phi) is 10.1. The van der Waals surface area contributed by atoms with Crippen LogP contribution in [0.3, 0.4) is 0 Å². The predicted molar refractivity (Wildman–Crippen MR) is 111 cm³/mol. The zero-order valence-electron chi connectivity index (χ0n) is 18.5. The Morgan fingerprint density at radius 3 is 1.52 bits per heavy atom. The number of rotatable bonds is 18. The van der Waals surface area contributed by atoms with Gasteiger partial charge in [-0.05, 0) is 13.8 Å². The van der Waals surface area contributed by atoms with Crippen LogP contribution >= 0.6 is 0 Å². The van der Waals surface area contributed by atoms with Gasteiger partial charge in [-0.25, -0.2) is 9.59 Å². The van der Waals surface area contributed by atoms with Crippen molar-refractivity contribution in [1.29, 1.82) is 0 Å². The lowest BCUT2D eigenvalue weighted by molar-refractivity contribution is -0.177. The first-order valence-corrected chi connectivity index (χ1v) is 10.5. The third-order valence-corrected chi connectivity index (χ3v) is 5.26. The average Bonchev–Trinajstić information content (AvgIpc) is 3.64. The molecule has 9 heteroatoms. The number of ether oxygens (including phenoxy) is 7. The predicted octanol–water partition coefficient (Wildman–Crippen LogP) is 1.59. The fourth-order valence-electron chi connectivity index (χ4n) is 3.16. The van der Waals surface area contributed by atoms with Gasteiger partial charge in [-0.2, -0.15) is 0 Å². The van der Waals surface area contributed by atoms with Crippen LogP contribution in [0.1, 0.15) is 26.7 Å². The molecule has 2 rings (SSSR count). The number of epoxide rings is 2. The van der Waals surface area contributed by atoms with Crippen molar-refractivity contribution >= 4 is 11.9 Å². The first-order valence-electron chi connectivity index (χ1n) is 10.5. The molecule has 4 unspecified atom stereocenters. The van der Waals surface area contributed by atoms with Gasteiger partial charge in [0.2, 0.25) is 0 Å².